The highest BCUT2D eigenvalue weighted by atomic mass is 16.2. The molecule has 1 heterocycles. The van der Waals surface area contributed by atoms with E-state index < -0.39 is 0 Å². The zero-order valence-corrected chi connectivity index (χ0v) is 8.38. The predicted molar refractivity (Wildman–Crippen MR) is 52.1 cm³/mol. The van der Waals surface area contributed by atoms with Crippen LogP contribution in [0.2, 0.25) is 0 Å². The number of hydrogen-bond acceptors (Lipinski definition) is 1. The van der Waals surface area contributed by atoms with Crippen LogP contribution in [0.4, 0.5) is 0 Å². The van der Waals surface area contributed by atoms with Gasteiger partial charge in [0.2, 0.25) is 5.91 Å². The molecule has 2 nitrogen and oxygen atoms in total. The Labute approximate surface area is 80.3 Å². The number of amides is 1. The minimum atomic E-state index is 0.146. The Balaban J connectivity index is 2.15. The first-order valence-corrected chi connectivity index (χ1v) is 5.39. The highest BCUT2D eigenvalue weighted by molar-refractivity contribution is 5.79. The van der Waals surface area contributed by atoms with Gasteiger partial charge in [-0.25, -0.2) is 0 Å². The van der Waals surface area contributed by atoms with Crippen molar-refractivity contribution in [1.29, 1.82) is 0 Å². The van der Waals surface area contributed by atoms with Crippen molar-refractivity contribution in [3.8, 4) is 0 Å². The fourth-order valence-electron chi connectivity index (χ4n) is 2.82. The van der Waals surface area contributed by atoms with Crippen LogP contribution < -0.4 is 0 Å². The van der Waals surface area contributed by atoms with Crippen LogP contribution >= 0.6 is 0 Å². The standard InChI is InChI=1S/C11H18NO/c1-2-11(7-3-4-8-11)12-9-5-6-10(12)13/h2H,3-9H2,1H3. The van der Waals surface area contributed by atoms with Gasteiger partial charge in [-0.05, 0) is 25.7 Å². The van der Waals surface area contributed by atoms with Crippen LogP contribution in [0, 0.1) is 6.42 Å². The summed E-state index contributed by atoms with van der Waals surface area (Å²) in [6.45, 7) is 3.10. The van der Waals surface area contributed by atoms with Crippen LogP contribution in [0.5, 0.6) is 0 Å². The molecule has 1 aliphatic carbocycles. The predicted octanol–water partition coefficient (Wildman–Crippen LogP) is 2.15. The molecule has 0 aromatic heterocycles. The molecule has 1 aliphatic heterocycles. The van der Waals surface area contributed by atoms with E-state index in [1.165, 1.54) is 25.7 Å². The number of rotatable bonds is 2. The highest BCUT2D eigenvalue weighted by Gasteiger charge is 2.42. The number of hydrogen-bond donors (Lipinski definition) is 0. The SMILES string of the molecule is C[CH]C1(N2CCCC2=O)CCCC1. The van der Waals surface area contributed by atoms with Crippen LogP contribution in [0.1, 0.15) is 45.4 Å². The lowest BCUT2D eigenvalue weighted by atomic mass is 9.92. The fraction of sp³-hybridized carbons (Fsp3) is 0.818. The molecule has 0 spiro atoms. The normalized spacial score (nSPS) is 27.2. The molecule has 1 saturated heterocycles. The smallest absolute Gasteiger partial charge is 0.223 e. The topological polar surface area (TPSA) is 20.3 Å². The van der Waals surface area contributed by atoms with E-state index in [1.807, 2.05) is 0 Å². The lowest BCUT2D eigenvalue weighted by Gasteiger charge is -2.37. The zero-order chi connectivity index (χ0) is 9.31. The maximum atomic E-state index is 11.6. The lowest BCUT2D eigenvalue weighted by molar-refractivity contribution is -0.132. The Bertz CT molecular complexity index is 206. The Kier molecular flexibility index (Phi) is 2.31. The third kappa shape index (κ3) is 1.36. The summed E-state index contributed by atoms with van der Waals surface area (Å²) in [7, 11) is 0. The van der Waals surface area contributed by atoms with Crippen molar-refractivity contribution in [2.75, 3.05) is 6.54 Å². The van der Waals surface area contributed by atoms with Crippen molar-refractivity contribution in [3.63, 3.8) is 0 Å². The van der Waals surface area contributed by atoms with E-state index in [-0.39, 0.29) is 5.54 Å². The summed E-state index contributed by atoms with van der Waals surface area (Å²) in [6.07, 6.45) is 9.04. The van der Waals surface area contributed by atoms with E-state index in [9.17, 15) is 4.79 Å². The average molecular weight is 180 g/mol. The summed E-state index contributed by atoms with van der Waals surface area (Å²) in [6, 6.07) is 0. The molecule has 0 unspecified atom stereocenters. The second-order valence-corrected chi connectivity index (χ2v) is 4.25. The minimum absolute atomic E-state index is 0.146. The van der Waals surface area contributed by atoms with Gasteiger partial charge in [0, 0.05) is 18.5 Å². The van der Waals surface area contributed by atoms with Gasteiger partial charge < -0.3 is 4.90 Å². The van der Waals surface area contributed by atoms with Gasteiger partial charge in [-0.3, -0.25) is 4.79 Å². The first-order valence-electron chi connectivity index (χ1n) is 5.39. The minimum Gasteiger partial charge on any atom is -0.337 e. The molecule has 0 aromatic rings. The number of carbonyl (C=O) groups is 1. The van der Waals surface area contributed by atoms with Crippen LogP contribution in [-0.4, -0.2) is 22.9 Å². The van der Waals surface area contributed by atoms with Gasteiger partial charge in [0.15, 0.2) is 0 Å². The second kappa shape index (κ2) is 3.32. The van der Waals surface area contributed by atoms with Crippen molar-refractivity contribution in [3.05, 3.63) is 6.42 Å². The van der Waals surface area contributed by atoms with Gasteiger partial charge in [0.25, 0.3) is 0 Å². The Morgan fingerprint density at radius 2 is 2.00 bits per heavy atom. The second-order valence-electron chi connectivity index (χ2n) is 4.25. The molecule has 1 radical (unpaired) electrons. The summed E-state index contributed by atoms with van der Waals surface area (Å²) in [5.74, 6) is 0.375. The van der Waals surface area contributed by atoms with E-state index in [0.717, 1.165) is 19.4 Å². The maximum absolute atomic E-state index is 11.6. The number of nitrogens with zero attached hydrogens (tertiary/aromatic N) is 1. The van der Waals surface area contributed by atoms with Gasteiger partial charge in [-0.15, -0.1) is 0 Å². The molecule has 73 valence electrons. The van der Waals surface area contributed by atoms with E-state index in [0.29, 0.717) is 5.91 Å². The summed E-state index contributed by atoms with van der Waals surface area (Å²) in [4.78, 5) is 13.8. The van der Waals surface area contributed by atoms with Gasteiger partial charge in [-0.1, -0.05) is 19.8 Å². The molecule has 1 amide bonds. The summed E-state index contributed by atoms with van der Waals surface area (Å²) < 4.78 is 0. The highest BCUT2D eigenvalue weighted by Crippen LogP contribution is 2.39. The monoisotopic (exact) mass is 180 g/mol. The molecule has 2 fully saturated rings. The van der Waals surface area contributed by atoms with Crippen molar-refractivity contribution in [2.45, 2.75) is 51.0 Å². The largest absolute Gasteiger partial charge is 0.337 e. The van der Waals surface area contributed by atoms with E-state index in [2.05, 4.69) is 18.2 Å². The summed E-state index contributed by atoms with van der Waals surface area (Å²) in [5, 5.41) is 0. The molecular formula is C11H18NO. The Morgan fingerprint density at radius 1 is 1.31 bits per heavy atom. The number of likely N-dealkylation sites (tertiary alicyclic amines) is 1. The maximum Gasteiger partial charge on any atom is 0.223 e. The molecule has 2 aliphatic rings. The van der Waals surface area contributed by atoms with Gasteiger partial charge in [0.05, 0.1) is 0 Å². The van der Waals surface area contributed by atoms with E-state index in [4.69, 9.17) is 0 Å². The Morgan fingerprint density at radius 3 is 2.46 bits per heavy atom. The third-order valence-electron chi connectivity index (χ3n) is 3.62. The molecule has 0 aromatic carbocycles. The average Bonchev–Trinajstić information content (AvgIpc) is 2.73. The Hall–Kier alpha value is -0.530. The molecule has 2 rings (SSSR count). The fourth-order valence-corrected chi connectivity index (χ4v) is 2.82. The molecule has 13 heavy (non-hydrogen) atoms. The van der Waals surface area contributed by atoms with Crippen molar-refractivity contribution in [1.82, 2.24) is 4.90 Å². The first-order chi connectivity index (χ1) is 6.28. The van der Waals surface area contributed by atoms with E-state index in [1.54, 1.807) is 0 Å². The molecule has 0 bridgehead atoms. The quantitative estimate of drug-likeness (QED) is 0.637. The van der Waals surface area contributed by atoms with Gasteiger partial charge in [0.1, 0.15) is 0 Å². The van der Waals surface area contributed by atoms with Crippen molar-refractivity contribution >= 4 is 5.91 Å². The molecule has 2 heteroatoms. The summed E-state index contributed by atoms with van der Waals surface area (Å²) >= 11 is 0. The van der Waals surface area contributed by atoms with Crippen LogP contribution in [0.3, 0.4) is 0 Å². The van der Waals surface area contributed by atoms with Crippen molar-refractivity contribution in [2.24, 2.45) is 0 Å². The van der Waals surface area contributed by atoms with Crippen LogP contribution in [0.15, 0.2) is 0 Å². The molecular weight excluding hydrogens is 162 g/mol. The van der Waals surface area contributed by atoms with Crippen LogP contribution in [-0.2, 0) is 4.79 Å². The molecule has 0 atom stereocenters. The zero-order valence-electron chi connectivity index (χ0n) is 8.38. The van der Waals surface area contributed by atoms with E-state index >= 15 is 0 Å². The van der Waals surface area contributed by atoms with Crippen molar-refractivity contribution < 1.29 is 4.79 Å². The summed E-state index contributed by atoms with van der Waals surface area (Å²) in [5.41, 5.74) is 0.146. The van der Waals surface area contributed by atoms with Crippen LogP contribution in [0.25, 0.3) is 0 Å². The van der Waals surface area contributed by atoms with Gasteiger partial charge in [-0.2, -0.15) is 0 Å². The molecule has 1 saturated carbocycles. The number of carbonyl (C=O) groups excluding carboxylic acids is 1. The lowest BCUT2D eigenvalue weighted by Crippen LogP contribution is -2.47. The molecule has 0 N–H and O–H groups in total. The first kappa shape index (κ1) is 9.04. The third-order valence-corrected chi connectivity index (χ3v) is 3.62. The van der Waals surface area contributed by atoms with Gasteiger partial charge >= 0.3 is 0 Å².